The van der Waals surface area contributed by atoms with Crippen molar-refractivity contribution in [2.45, 2.75) is 31.8 Å². The van der Waals surface area contributed by atoms with Gasteiger partial charge >= 0.3 is 0 Å². The van der Waals surface area contributed by atoms with E-state index in [1.165, 1.54) is 22.4 Å². The van der Waals surface area contributed by atoms with Crippen molar-refractivity contribution in [3.63, 3.8) is 0 Å². The average Bonchev–Trinajstić information content (AvgIpc) is 2.90. The second-order valence-electron chi connectivity index (χ2n) is 6.72. The van der Waals surface area contributed by atoms with Gasteiger partial charge in [0.2, 0.25) is 0 Å². The minimum Gasteiger partial charge on any atom is -0.357 e. The van der Waals surface area contributed by atoms with Crippen molar-refractivity contribution in [3.8, 4) is 0 Å². The number of nitrogens with zero attached hydrogens (tertiary/aromatic N) is 1. The molecular formula is C23H23N. The molecule has 1 aliphatic heterocycles. The third-order valence-corrected chi connectivity index (χ3v) is 5.38. The predicted molar refractivity (Wildman–Crippen MR) is 102 cm³/mol. The maximum atomic E-state index is 2.60. The average molecular weight is 313 g/mol. The Bertz CT molecular complexity index is 770. The summed E-state index contributed by atoms with van der Waals surface area (Å²) in [6.07, 6.45) is 0. The maximum absolute atomic E-state index is 2.60. The lowest BCUT2D eigenvalue weighted by Gasteiger charge is -2.36. The van der Waals surface area contributed by atoms with E-state index in [9.17, 15) is 0 Å². The molecule has 1 aliphatic rings. The maximum Gasteiger partial charge on any atom is 0.0799 e. The smallest absolute Gasteiger partial charge is 0.0799 e. The van der Waals surface area contributed by atoms with Crippen molar-refractivity contribution in [2.24, 2.45) is 0 Å². The zero-order valence-corrected chi connectivity index (χ0v) is 14.3. The van der Waals surface area contributed by atoms with Gasteiger partial charge in [0.05, 0.1) is 6.04 Å². The van der Waals surface area contributed by atoms with Gasteiger partial charge in [0.25, 0.3) is 0 Å². The second kappa shape index (κ2) is 6.16. The SMILES string of the molecule is CC1c2ccccc2N(C(c2ccccc2)c2ccccc2)C1C. The molecule has 24 heavy (non-hydrogen) atoms. The highest BCUT2D eigenvalue weighted by molar-refractivity contribution is 5.64. The van der Waals surface area contributed by atoms with Gasteiger partial charge in [-0.25, -0.2) is 0 Å². The van der Waals surface area contributed by atoms with Gasteiger partial charge in [-0.3, -0.25) is 0 Å². The van der Waals surface area contributed by atoms with Crippen LogP contribution in [0.1, 0.15) is 42.5 Å². The van der Waals surface area contributed by atoms with E-state index in [2.05, 4.69) is 104 Å². The Labute approximate surface area is 144 Å². The first-order valence-corrected chi connectivity index (χ1v) is 8.74. The van der Waals surface area contributed by atoms with Crippen molar-refractivity contribution < 1.29 is 0 Å². The molecule has 0 amide bonds. The van der Waals surface area contributed by atoms with Crippen LogP contribution in [0.2, 0.25) is 0 Å². The summed E-state index contributed by atoms with van der Waals surface area (Å²) in [6, 6.07) is 31.3. The Morgan fingerprint density at radius 2 is 1.17 bits per heavy atom. The first kappa shape index (κ1) is 15.0. The lowest BCUT2D eigenvalue weighted by Crippen LogP contribution is -2.35. The van der Waals surface area contributed by atoms with Gasteiger partial charge in [-0.15, -0.1) is 0 Å². The Morgan fingerprint density at radius 1 is 0.667 bits per heavy atom. The Morgan fingerprint density at radius 3 is 1.75 bits per heavy atom. The monoisotopic (exact) mass is 313 g/mol. The molecule has 0 bridgehead atoms. The fraction of sp³-hybridized carbons (Fsp3) is 0.217. The zero-order valence-electron chi connectivity index (χ0n) is 14.3. The highest BCUT2D eigenvalue weighted by Gasteiger charge is 2.37. The van der Waals surface area contributed by atoms with Crippen molar-refractivity contribution in [3.05, 3.63) is 102 Å². The molecule has 0 saturated carbocycles. The number of benzene rings is 3. The molecule has 0 aromatic heterocycles. The number of fused-ring (bicyclic) bond motifs is 1. The van der Waals surface area contributed by atoms with E-state index in [1.54, 1.807) is 0 Å². The topological polar surface area (TPSA) is 3.24 Å². The Hall–Kier alpha value is -2.54. The van der Waals surface area contributed by atoms with Crippen molar-refractivity contribution in [1.82, 2.24) is 0 Å². The van der Waals surface area contributed by atoms with E-state index < -0.39 is 0 Å². The van der Waals surface area contributed by atoms with E-state index in [1.807, 2.05) is 0 Å². The minimum absolute atomic E-state index is 0.244. The number of hydrogen-bond acceptors (Lipinski definition) is 1. The third kappa shape index (κ3) is 2.41. The van der Waals surface area contributed by atoms with Crippen LogP contribution >= 0.6 is 0 Å². The van der Waals surface area contributed by atoms with Gasteiger partial charge in [0.15, 0.2) is 0 Å². The number of para-hydroxylation sites is 1. The summed E-state index contributed by atoms with van der Waals surface area (Å²) < 4.78 is 0. The standard InChI is InChI=1S/C23H23N/c1-17-18(2)24(22-16-10-9-15-21(17)22)23(19-11-5-3-6-12-19)20-13-7-4-8-14-20/h3-18,23H,1-2H3. The molecule has 3 aromatic carbocycles. The molecule has 3 aromatic rings. The Kier molecular flexibility index (Phi) is 3.86. The van der Waals surface area contributed by atoms with Crippen LogP contribution in [0.25, 0.3) is 0 Å². The van der Waals surface area contributed by atoms with Crippen LogP contribution in [0.4, 0.5) is 5.69 Å². The van der Waals surface area contributed by atoms with Crippen molar-refractivity contribution in [1.29, 1.82) is 0 Å². The molecule has 0 radical (unpaired) electrons. The Balaban J connectivity index is 1.89. The van der Waals surface area contributed by atoms with Gasteiger partial charge in [0, 0.05) is 17.6 Å². The summed E-state index contributed by atoms with van der Waals surface area (Å²) in [7, 11) is 0. The quantitative estimate of drug-likeness (QED) is 0.591. The molecule has 0 fully saturated rings. The number of hydrogen-bond donors (Lipinski definition) is 0. The van der Waals surface area contributed by atoms with E-state index >= 15 is 0 Å². The highest BCUT2D eigenvalue weighted by atomic mass is 15.2. The fourth-order valence-electron chi connectivity index (χ4n) is 3.99. The molecule has 4 rings (SSSR count). The molecule has 1 heterocycles. The van der Waals surface area contributed by atoms with Gasteiger partial charge < -0.3 is 4.90 Å². The molecular weight excluding hydrogens is 290 g/mol. The number of rotatable bonds is 3. The van der Waals surface area contributed by atoms with Gasteiger partial charge in [-0.05, 0) is 29.7 Å². The zero-order chi connectivity index (χ0) is 16.5. The van der Waals surface area contributed by atoms with Gasteiger partial charge in [-0.1, -0.05) is 85.8 Å². The molecule has 1 heteroatoms. The summed E-state index contributed by atoms with van der Waals surface area (Å²) in [4.78, 5) is 2.60. The first-order chi connectivity index (χ1) is 11.8. The molecule has 0 spiro atoms. The second-order valence-corrected chi connectivity index (χ2v) is 6.72. The van der Waals surface area contributed by atoms with Gasteiger partial charge in [-0.2, -0.15) is 0 Å². The molecule has 0 N–H and O–H groups in total. The molecule has 0 aliphatic carbocycles. The molecule has 1 nitrogen and oxygen atoms in total. The molecule has 2 atom stereocenters. The van der Waals surface area contributed by atoms with Gasteiger partial charge in [0.1, 0.15) is 0 Å². The summed E-state index contributed by atoms with van der Waals surface area (Å²) in [5.74, 6) is 0.538. The summed E-state index contributed by atoms with van der Waals surface area (Å²) in [5.41, 5.74) is 5.52. The molecule has 0 saturated heterocycles. The molecule has 120 valence electrons. The normalized spacial score (nSPS) is 19.5. The van der Waals surface area contributed by atoms with Crippen LogP contribution in [0, 0.1) is 0 Å². The van der Waals surface area contributed by atoms with E-state index in [0.717, 1.165) is 0 Å². The number of anilines is 1. The van der Waals surface area contributed by atoms with Crippen LogP contribution in [0.5, 0.6) is 0 Å². The largest absolute Gasteiger partial charge is 0.357 e. The van der Waals surface area contributed by atoms with Crippen molar-refractivity contribution >= 4 is 5.69 Å². The van der Waals surface area contributed by atoms with E-state index in [4.69, 9.17) is 0 Å². The molecule has 2 unspecified atom stereocenters. The lowest BCUT2D eigenvalue weighted by atomic mass is 9.95. The highest BCUT2D eigenvalue weighted by Crippen LogP contribution is 2.46. The summed E-state index contributed by atoms with van der Waals surface area (Å²) in [6.45, 7) is 4.69. The first-order valence-electron chi connectivity index (χ1n) is 8.74. The minimum atomic E-state index is 0.244. The summed E-state index contributed by atoms with van der Waals surface area (Å²) >= 11 is 0. The van der Waals surface area contributed by atoms with Crippen LogP contribution < -0.4 is 4.90 Å². The van der Waals surface area contributed by atoms with Crippen molar-refractivity contribution in [2.75, 3.05) is 4.90 Å². The third-order valence-electron chi connectivity index (χ3n) is 5.38. The van der Waals surface area contributed by atoms with E-state index in [-0.39, 0.29) is 6.04 Å². The lowest BCUT2D eigenvalue weighted by molar-refractivity contribution is 0.558. The fourth-order valence-corrected chi connectivity index (χ4v) is 3.99. The van der Waals surface area contributed by atoms with Crippen LogP contribution in [-0.4, -0.2) is 6.04 Å². The predicted octanol–water partition coefficient (Wildman–Crippen LogP) is 5.79. The van der Waals surface area contributed by atoms with Crippen LogP contribution in [0.3, 0.4) is 0 Å². The summed E-state index contributed by atoms with van der Waals surface area (Å²) in [5, 5.41) is 0. The van der Waals surface area contributed by atoms with E-state index in [0.29, 0.717) is 12.0 Å². The van der Waals surface area contributed by atoms with Crippen LogP contribution in [-0.2, 0) is 0 Å². The van der Waals surface area contributed by atoms with Crippen LogP contribution in [0.15, 0.2) is 84.9 Å².